The van der Waals surface area contributed by atoms with Gasteiger partial charge in [0, 0.05) is 0 Å². The second-order valence-electron chi connectivity index (χ2n) is 7.17. The third-order valence-electron chi connectivity index (χ3n) is 4.68. The number of nitrogens with one attached hydrogen (secondary N) is 1. The molecule has 3 aromatic carbocycles. The third kappa shape index (κ3) is 5.95. The molecule has 0 radical (unpaired) electrons. The van der Waals surface area contributed by atoms with E-state index in [1.54, 1.807) is 67.6 Å². The molecule has 0 saturated carbocycles. The Morgan fingerprint density at radius 2 is 1.69 bits per heavy atom. The summed E-state index contributed by atoms with van der Waals surface area (Å²) in [4.78, 5) is 13.9. The van der Waals surface area contributed by atoms with Crippen LogP contribution in [0.5, 0.6) is 5.75 Å². The molecule has 0 aliphatic heterocycles. The second kappa shape index (κ2) is 10.1. The largest absolute Gasteiger partial charge is 0.489 e. The van der Waals surface area contributed by atoms with Gasteiger partial charge in [-0.05, 0) is 78.6 Å². The van der Waals surface area contributed by atoms with Gasteiger partial charge in [-0.2, -0.15) is 13.5 Å². The van der Waals surface area contributed by atoms with Crippen LogP contribution in [0.2, 0.25) is 0 Å². The van der Waals surface area contributed by atoms with Gasteiger partial charge in [0.05, 0.1) is 23.8 Å². The van der Waals surface area contributed by atoms with E-state index >= 15 is 0 Å². The topological polar surface area (TPSA) is 94.1 Å². The summed E-state index contributed by atoms with van der Waals surface area (Å²) in [6.07, 6.45) is 1.43. The number of methoxy groups -OCH3 is 1. The molecule has 3 rings (SSSR count). The van der Waals surface area contributed by atoms with Gasteiger partial charge < -0.3 is 9.47 Å². The quantitative estimate of drug-likeness (QED) is 0.317. The van der Waals surface area contributed by atoms with Crippen molar-refractivity contribution in [2.24, 2.45) is 5.10 Å². The Kier molecular flexibility index (Phi) is 7.27. The molecule has 0 bridgehead atoms. The van der Waals surface area contributed by atoms with Gasteiger partial charge in [-0.15, -0.1) is 0 Å². The number of hydrazone groups is 1. The van der Waals surface area contributed by atoms with E-state index < -0.39 is 10.0 Å². The molecule has 3 aromatic rings. The van der Waals surface area contributed by atoms with E-state index in [0.717, 1.165) is 11.1 Å². The summed E-state index contributed by atoms with van der Waals surface area (Å²) >= 11 is 0. The fourth-order valence-electron chi connectivity index (χ4n) is 2.89. The second-order valence-corrected chi connectivity index (χ2v) is 8.80. The average Bonchev–Trinajstić information content (AvgIpc) is 2.79. The summed E-state index contributed by atoms with van der Waals surface area (Å²) in [5.74, 6) is 0.265. The monoisotopic (exact) mass is 452 g/mol. The first-order chi connectivity index (χ1) is 15.3. The number of rotatable bonds is 8. The van der Waals surface area contributed by atoms with Crippen molar-refractivity contribution in [1.82, 2.24) is 4.83 Å². The van der Waals surface area contributed by atoms with Crippen LogP contribution >= 0.6 is 0 Å². The lowest BCUT2D eigenvalue weighted by atomic mass is 10.1. The fourth-order valence-corrected chi connectivity index (χ4v) is 4.01. The number of aryl methyl sites for hydroxylation is 2. The van der Waals surface area contributed by atoms with E-state index in [4.69, 9.17) is 4.74 Å². The number of nitrogens with zero attached hydrogens (tertiary/aromatic N) is 1. The summed E-state index contributed by atoms with van der Waals surface area (Å²) < 4.78 is 35.4. The molecule has 0 fully saturated rings. The van der Waals surface area contributed by atoms with Crippen molar-refractivity contribution in [3.8, 4) is 5.75 Å². The van der Waals surface area contributed by atoms with E-state index in [9.17, 15) is 13.2 Å². The molecule has 0 aromatic heterocycles. The molecule has 0 atom stereocenters. The molecule has 0 aliphatic carbocycles. The number of ether oxygens (including phenoxy) is 2. The summed E-state index contributed by atoms with van der Waals surface area (Å²) in [7, 11) is -2.40. The highest BCUT2D eigenvalue weighted by atomic mass is 32.2. The predicted octanol–water partition coefficient (Wildman–Crippen LogP) is 3.98. The van der Waals surface area contributed by atoms with Crippen molar-refractivity contribution in [2.75, 3.05) is 7.11 Å². The van der Waals surface area contributed by atoms with Crippen molar-refractivity contribution in [3.05, 3.63) is 94.5 Å². The van der Waals surface area contributed by atoms with Crippen LogP contribution in [0.3, 0.4) is 0 Å². The smallest absolute Gasteiger partial charge is 0.337 e. The van der Waals surface area contributed by atoms with Crippen LogP contribution in [0.15, 0.2) is 76.7 Å². The maximum Gasteiger partial charge on any atom is 0.337 e. The number of benzene rings is 3. The minimum atomic E-state index is -3.74. The van der Waals surface area contributed by atoms with Crippen molar-refractivity contribution >= 4 is 22.2 Å². The highest BCUT2D eigenvalue weighted by Gasteiger charge is 2.15. The molecular weight excluding hydrogens is 428 g/mol. The van der Waals surface area contributed by atoms with Gasteiger partial charge in [0.15, 0.2) is 0 Å². The lowest BCUT2D eigenvalue weighted by molar-refractivity contribution is 0.0600. The van der Waals surface area contributed by atoms with Crippen LogP contribution in [0.25, 0.3) is 0 Å². The number of hydrogen-bond donors (Lipinski definition) is 1. The lowest BCUT2D eigenvalue weighted by Gasteiger charge is -2.08. The standard InChI is InChI=1S/C24H24N2O5S/c1-17-4-5-18(2)23(14-17)32(28,29)26-25-15-19-8-12-22(13-9-19)31-16-20-6-10-21(11-7-20)24(27)30-3/h4-15,26H,16H2,1-3H3. The SMILES string of the molecule is COC(=O)c1ccc(COc2ccc(C=NNS(=O)(=O)c3cc(C)ccc3C)cc2)cc1. The molecule has 0 aliphatic rings. The van der Waals surface area contributed by atoms with Crippen molar-refractivity contribution < 1.29 is 22.7 Å². The molecule has 166 valence electrons. The van der Waals surface area contributed by atoms with Crippen molar-refractivity contribution in [2.45, 2.75) is 25.3 Å². The molecule has 0 unspecified atom stereocenters. The molecule has 0 heterocycles. The van der Waals surface area contributed by atoms with E-state index in [1.165, 1.54) is 13.3 Å². The highest BCUT2D eigenvalue weighted by Crippen LogP contribution is 2.17. The van der Waals surface area contributed by atoms with Crippen LogP contribution in [-0.2, 0) is 21.4 Å². The summed E-state index contributed by atoms with van der Waals surface area (Å²) in [5.41, 5.74) is 3.61. The van der Waals surface area contributed by atoms with Gasteiger partial charge >= 0.3 is 5.97 Å². The normalized spacial score (nSPS) is 11.3. The van der Waals surface area contributed by atoms with E-state index in [0.29, 0.717) is 29.0 Å². The molecular formula is C24H24N2O5S. The Hall–Kier alpha value is -3.65. The maximum absolute atomic E-state index is 12.5. The zero-order valence-corrected chi connectivity index (χ0v) is 18.8. The van der Waals surface area contributed by atoms with Gasteiger partial charge in [0.2, 0.25) is 0 Å². The number of esters is 1. The number of hydrogen-bond acceptors (Lipinski definition) is 6. The minimum absolute atomic E-state index is 0.206. The van der Waals surface area contributed by atoms with E-state index in [2.05, 4.69) is 14.7 Å². The minimum Gasteiger partial charge on any atom is -0.489 e. The van der Waals surface area contributed by atoms with Crippen LogP contribution in [-0.4, -0.2) is 27.7 Å². The molecule has 0 saturated heterocycles. The van der Waals surface area contributed by atoms with Gasteiger partial charge in [0.1, 0.15) is 12.4 Å². The first kappa shape index (κ1) is 23.0. The molecule has 0 amide bonds. The molecule has 0 spiro atoms. The van der Waals surface area contributed by atoms with Crippen LogP contribution < -0.4 is 9.57 Å². The number of carbonyl (C=O) groups is 1. The Morgan fingerprint density at radius 1 is 1.00 bits per heavy atom. The zero-order valence-electron chi connectivity index (χ0n) is 18.0. The molecule has 7 nitrogen and oxygen atoms in total. The third-order valence-corrected chi connectivity index (χ3v) is 6.04. The number of carbonyl (C=O) groups excluding carboxylic acids is 1. The van der Waals surface area contributed by atoms with Gasteiger partial charge in [-0.3, -0.25) is 0 Å². The van der Waals surface area contributed by atoms with E-state index in [-0.39, 0.29) is 10.9 Å². The van der Waals surface area contributed by atoms with Crippen LogP contribution in [0.1, 0.15) is 32.6 Å². The Morgan fingerprint density at radius 3 is 2.34 bits per heavy atom. The van der Waals surface area contributed by atoms with Crippen molar-refractivity contribution in [3.63, 3.8) is 0 Å². The average molecular weight is 453 g/mol. The first-order valence-electron chi connectivity index (χ1n) is 9.81. The van der Waals surface area contributed by atoms with Crippen LogP contribution in [0.4, 0.5) is 0 Å². The summed E-state index contributed by atoms with van der Waals surface area (Å²) in [6, 6.07) is 19.3. The Labute approximate surface area is 187 Å². The summed E-state index contributed by atoms with van der Waals surface area (Å²) in [6.45, 7) is 3.91. The van der Waals surface area contributed by atoms with Gasteiger partial charge in [-0.25, -0.2) is 9.63 Å². The maximum atomic E-state index is 12.5. The Bertz CT molecular complexity index is 1220. The van der Waals surface area contributed by atoms with Gasteiger partial charge in [0.25, 0.3) is 10.0 Å². The first-order valence-corrected chi connectivity index (χ1v) is 11.3. The number of sulfonamides is 1. The highest BCUT2D eigenvalue weighted by molar-refractivity contribution is 7.89. The van der Waals surface area contributed by atoms with Crippen LogP contribution in [0, 0.1) is 13.8 Å². The predicted molar refractivity (Wildman–Crippen MR) is 122 cm³/mol. The lowest BCUT2D eigenvalue weighted by Crippen LogP contribution is -2.19. The fraction of sp³-hybridized carbons (Fsp3) is 0.167. The molecule has 32 heavy (non-hydrogen) atoms. The van der Waals surface area contributed by atoms with Gasteiger partial charge in [-0.1, -0.05) is 24.3 Å². The zero-order chi connectivity index (χ0) is 23.1. The molecule has 1 N–H and O–H groups in total. The summed E-state index contributed by atoms with van der Waals surface area (Å²) in [5, 5.41) is 3.87. The molecule has 8 heteroatoms. The van der Waals surface area contributed by atoms with E-state index in [1.807, 2.05) is 13.0 Å². The Balaban J connectivity index is 1.57. The van der Waals surface area contributed by atoms with Crippen molar-refractivity contribution in [1.29, 1.82) is 0 Å².